The molecule has 12 nitrogen and oxygen atoms in total. The van der Waals surface area contributed by atoms with Crippen molar-refractivity contribution in [3.8, 4) is 0 Å². The van der Waals surface area contributed by atoms with Gasteiger partial charge >= 0.3 is 24.6 Å². The van der Waals surface area contributed by atoms with Crippen LogP contribution in [-0.2, 0) is 18.9 Å². The molecule has 2 aromatic rings. The van der Waals surface area contributed by atoms with Gasteiger partial charge in [0.05, 0.1) is 26.4 Å². The number of carbonyl (C=O) groups is 4. The van der Waals surface area contributed by atoms with Gasteiger partial charge in [0.25, 0.3) is 0 Å². The molecule has 4 rings (SSSR count). The Morgan fingerprint density at radius 2 is 0.392 bits per heavy atom. The Morgan fingerprint density at radius 3 is 0.554 bits per heavy atom. The smallest absolute Gasteiger partial charge is 0.450 e. The van der Waals surface area contributed by atoms with Crippen molar-refractivity contribution in [2.45, 2.75) is 257 Å². The van der Waals surface area contributed by atoms with E-state index in [0.29, 0.717) is 26.4 Å². The Balaban J connectivity index is 1.42. The number of ether oxygens (including phenoxy) is 4. The van der Waals surface area contributed by atoms with Crippen LogP contribution in [0.1, 0.15) is 257 Å². The molecule has 0 heterocycles. The largest absolute Gasteiger partial charge is 0.505 e. The van der Waals surface area contributed by atoms with Gasteiger partial charge in [0.15, 0.2) is 0 Å². The zero-order valence-corrected chi connectivity index (χ0v) is 45.5. The normalized spacial score (nSPS) is 12.6. The van der Waals surface area contributed by atoms with Crippen molar-refractivity contribution in [2.75, 3.05) is 26.4 Å². The van der Waals surface area contributed by atoms with E-state index >= 15 is 0 Å². The lowest BCUT2D eigenvalue weighted by atomic mass is 9.93. The van der Waals surface area contributed by atoms with Crippen LogP contribution in [0.15, 0.2) is 24.3 Å². The molecular weight excluding hydrogens is 937 g/mol. The summed E-state index contributed by atoms with van der Waals surface area (Å²) in [5.41, 5.74) is 6.38. The fraction of sp³-hybridized carbons (Fsp3) is 0.710. The zero-order valence-electron chi connectivity index (χ0n) is 45.5. The second-order valence-electron chi connectivity index (χ2n) is 21.2. The van der Waals surface area contributed by atoms with Crippen LogP contribution in [-0.4, -0.2) is 71.5 Å². The molecule has 0 saturated carbocycles. The van der Waals surface area contributed by atoms with Crippen molar-refractivity contribution < 1.29 is 58.6 Å². The summed E-state index contributed by atoms with van der Waals surface area (Å²) >= 11 is 0. The third kappa shape index (κ3) is 24.7. The predicted octanol–water partition coefficient (Wildman–Crippen LogP) is 15.9. The zero-order chi connectivity index (χ0) is 52.9. The summed E-state index contributed by atoms with van der Waals surface area (Å²) in [5, 5.41) is 43.7. The predicted molar refractivity (Wildman–Crippen MR) is 297 cm³/mol. The summed E-state index contributed by atoms with van der Waals surface area (Å²) in [6.45, 7) is 1.19. The first-order valence-corrected chi connectivity index (χ1v) is 29.7. The lowest BCUT2D eigenvalue weighted by Crippen LogP contribution is -2.21. The van der Waals surface area contributed by atoms with Gasteiger partial charge < -0.3 is 39.4 Å². The molecular formula is C62H96O12. The Hall–Kier alpha value is -4.74. The molecule has 0 bridgehead atoms. The molecule has 4 N–H and O–H groups in total. The molecule has 2 aliphatic carbocycles. The van der Waals surface area contributed by atoms with E-state index in [4.69, 9.17) is 20.4 Å². The standard InChI is InChI=1S/C62H96O12/c63-59(64)71-45-33-25-17-9-1-5-13-21-29-37-49-50(38-30-22-14-6-2-10-18-26-34-46-72-60(65)66)54-43-44-56-52(40-32-24-16-8-4-12-20-28-36-48-74-62(69)70)51(55-42-41-53(49)57(54)58(55)56)39-31-23-15-7-3-11-19-27-35-47-73-61(67)68/h41-44H,1-40,45-48H2,(H,63,64)(H,65,66)(H,67,68)(H,69,70). The summed E-state index contributed by atoms with van der Waals surface area (Å²) in [6, 6.07) is 9.99. The molecule has 416 valence electrons. The SMILES string of the molecule is O=C(O)OCCCCCCCCCCCC1=c2ccc3c4c(ccc(c24)=C1CCCCCCCCCCCOC(=O)O)=C(CCCCCCCCCCCOC(=O)O)C=3CCCCCCCCCCCOC(=O)O. The average Bonchev–Trinajstić information content (AvgIpc) is 3.84. The van der Waals surface area contributed by atoms with Gasteiger partial charge in [0, 0.05) is 0 Å². The fourth-order valence-electron chi connectivity index (χ4n) is 11.5. The Bertz CT molecular complexity index is 1910. The summed E-state index contributed by atoms with van der Waals surface area (Å²) in [6.07, 6.45) is 41.0. The molecule has 0 amide bonds. The fourth-order valence-corrected chi connectivity index (χ4v) is 11.5. The number of benzene rings is 2. The molecule has 0 fully saturated rings. The average molecular weight is 1030 g/mol. The van der Waals surface area contributed by atoms with Crippen LogP contribution >= 0.6 is 0 Å². The molecule has 0 saturated heterocycles. The number of hydrogen-bond acceptors (Lipinski definition) is 8. The van der Waals surface area contributed by atoms with Gasteiger partial charge in [-0.15, -0.1) is 0 Å². The van der Waals surface area contributed by atoms with Gasteiger partial charge in [-0.3, -0.25) is 0 Å². The quantitative estimate of drug-likeness (QED) is 0.0280. The minimum absolute atomic E-state index is 0.296. The monoisotopic (exact) mass is 1030 g/mol. The lowest BCUT2D eigenvalue weighted by molar-refractivity contribution is 0.0887. The van der Waals surface area contributed by atoms with E-state index in [2.05, 4.69) is 43.2 Å². The molecule has 0 aromatic heterocycles. The molecule has 12 heteroatoms. The van der Waals surface area contributed by atoms with E-state index in [-0.39, 0.29) is 0 Å². The molecule has 0 atom stereocenters. The van der Waals surface area contributed by atoms with E-state index in [1.807, 2.05) is 0 Å². The maximum Gasteiger partial charge on any atom is 0.505 e. The van der Waals surface area contributed by atoms with E-state index in [9.17, 15) is 19.2 Å². The van der Waals surface area contributed by atoms with Crippen LogP contribution in [0, 0.1) is 0 Å². The minimum Gasteiger partial charge on any atom is -0.450 e. The molecule has 0 aliphatic heterocycles. The summed E-state index contributed by atoms with van der Waals surface area (Å²) in [5.74, 6) is 0. The maximum atomic E-state index is 10.6. The van der Waals surface area contributed by atoms with Gasteiger partial charge in [-0.2, -0.15) is 0 Å². The van der Waals surface area contributed by atoms with Crippen molar-refractivity contribution in [2.24, 2.45) is 0 Å². The summed E-state index contributed by atoms with van der Waals surface area (Å²) < 4.78 is 18.6. The first-order valence-electron chi connectivity index (χ1n) is 29.7. The molecule has 74 heavy (non-hydrogen) atoms. The van der Waals surface area contributed by atoms with Crippen molar-refractivity contribution in [3.05, 3.63) is 45.1 Å². The van der Waals surface area contributed by atoms with Crippen molar-refractivity contribution in [3.63, 3.8) is 0 Å². The molecule has 0 unspecified atom stereocenters. The van der Waals surface area contributed by atoms with Crippen molar-refractivity contribution in [1.82, 2.24) is 0 Å². The van der Waals surface area contributed by atoms with E-state index in [0.717, 1.165) is 103 Å². The number of rotatable bonds is 48. The Morgan fingerprint density at radius 1 is 0.243 bits per heavy atom. The van der Waals surface area contributed by atoms with Gasteiger partial charge in [-0.25, -0.2) is 19.2 Å². The number of carboxylic acid groups (broad SMARTS) is 4. The van der Waals surface area contributed by atoms with Crippen LogP contribution in [0.25, 0.3) is 33.1 Å². The molecule has 2 aromatic carbocycles. The maximum absolute atomic E-state index is 10.6. The molecule has 2 aliphatic rings. The summed E-state index contributed by atoms with van der Waals surface area (Å²) in [4.78, 5) is 42.4. The highest BCUT2D eigenvalue weighted by molar-refractivity contribution is 6.08. The second kappa shape index (κ2) is 38.8. The van der Waals surface area contributed by atoms with E-state index in [1.165, 1.54) is 186 Å². The van der Waals surface area contributed by atoms with Crippen LogP contribution < -0.4 is 20.9 Å². The van der Waals surface area contributed by atoms with E-state index < -0.39 is 24.6 Å². The summed E-state index contributed by atoms with van der Waals surface area (Å²) in [7, 11) is 0. The molecule has 0 spiro atoms. The third-order valence-corrected chi connectivity index (χ3v) is 15.4. The van der Waals surface area contributed by atoms with Gasteiger partial charge in [-0.05, 0) is 131 Å². The number of unbranched alkanes of at least 4 members (excludes halogenated alkanes) is 32. The van der Waals surface area contributed by atoms with Crippen molar-refractivity contribution >= 4 is 57.7 Å². The van der Waals surface area contributed by atoms with E-state index in [1.54, 1.807) is 22.3 Å². The Labute approximate surface area is 443 Å². The Kier molecular flexibility index (Phi) is 32.4. The van der Waals surface area contributed by atoms with Gasteiger partial charge in [-0.1, -0.05) is 204 Å². The second-order valence-corrected chi connectivity index (χ2v) is 21.2. The minimum atomic E-state index is -1.18. The van der Waals surface area contributed by atoms with Crippen LogP contribution in [0.4, 0.5) is 19.2 Å². The third-order valence-electron chi connectivity index (χ3n) is 15.4. The first kappa shape index (κ1) is 61.8. The van der Waals surface area contributed by atoms with Gasteiger partial charge in [0.1, 0.15) is 0 Å². The first-order chi connectivity index (χ1) is 36.2. The highest BCUT2D eigenvalue weighted by Crippen LogP contribution is 2.32. The van der Waals surface area contributed by atoms with Gasteiger partial charge in [0.2, 0.25) is 0 Å². The highest BCUT2D eigenvalue weighted by Gasteiger charge is 2.23. The highest BCUT2D eigenvalue weighted by atomic mass is 16.7. The molecule has 0 radical (unpaired) electrons. The van der Waals surface area contributed by atoms with Crippen LogP contribution in [0.5, 0.6) is 0 Å². The topological polar surface area (TPSA) is 186 Å². The number of hydrogen-bond donors (Lipinski definition) is 4. The van der Waals surface area contributed by atoms with Crippen LogP contribution in [0.3, 0.4) is 0 Å². The van der Waals surface area contributed by atoms with Crippen molar-refractivity contribution in [1.29, 1.82) is 0 Å². The van der Waals surface area contributed by atoms with Crippen LogP contribution in [0.2, 0.25) is 0 Å². The lowest BCUT2D eigenvalue weighted by Gasteiger charge is -2.12.